The standard InChI is InChI=1S/C14H14N4O3/c1-10-6-11-4-2-3-5-13(11)17(10)14(19)9-16-8-12(7-15-16)18(20)21/h2-5,7-8,10H,6,9H2,1H3/t10-/m1/s1. The van der Waals surface area contributed by atoms with Crippen LogP contribution in [0.2, 0.25) is 0 Å². The van der Waals surface area contributed by atoms with Crippen molar-refractivity contribution in [3.05, 3.63) is 52.3 Å². The lowest BCUT2D eigenvalue weighted by atomic mass is 10.1. The summed E-state index contributed by atoms with van der Waals surface area (Å²) >= 11 is 0. The molecular formula is C14H14N4O3. The number of nitro groups is 1. The summed E-state index contributed by atoms with van der Waals surface area (Å²) < 4.78 is 1.30. The molecule has 0 bridgehead atoms. The molecule has 0 saturated carbocycles. The minimum absolute atomic E-state index is 0.00743. The van der Waals surface area contributed by atoms with Crippen LogP contribution in [0, 0.1) is 10.1 Å². The number of rotatable bonds is 3. The van der Waals surface area contributed by atoms with Gasteiger partial charge in [-0.25, -0.2) is 0 Å². The maximum atomic E-state index is 12.5. The largest absolute Gasteiger partial charge is 0.307 e. The van der Waals surface area contributed by atoms with Gasteiger partial charge in [-0.15, -0.1) is 0 Å². The molecule has 1 aliphatic rings. The number of hydrogen-bond acceptors (Lipinski definition) is 4. The average Bonchev–Trinajstić information content (AvgIpc) is 3.01. The number of amides is 1. The molecule has 1 aliphatic heterocycles. The van der Waals surface area contributed by atoms with Crippen LogP contribution in [0.3, 0.4) is 0 Å². The number of aromatic nitrogens is 2. The first kappa shape index (κ1) is 13.3. The Balaban J connectivity index is 1.80. The van der Waals surface area contributed by atoms with Crippen LogP contribution < -0.4 is 4.90 Å². The normalized spacial score (nSPS) is 16.8. The van der Waals surface area contributed by atoms with Gasteiger partial charge in [0.15, 0.2) is 0 Å². The summed E-state index contributed by atoms with van der Waals surface area (Å²) in [6, 6.07) is 7.87. The Kier molecular flexibility index (Phi) is 3.17. The molecule has 0 aliphatic carbocycles. The van der Waals surface area contributed by atoms with Crippen LogP contribution in [0.4, 0.5) is 11.4 Å². The van der Waals surface area contributed by atoms with Gasteiger partial charge in [0.1, 0.15) is 18.9 Å². The first-order valence-corrected chi connectivity index (χ1v) is 6.63. The molecule has 0 unspecified atom stereocenters. The minimum Gasteiger partial charge on any atom is -0.307 e. The molecule has 7 nitrogen and oxygen atoms in total. The lowest BCUT2D eigenvalue weighted by Gasteiger charge is -2.22. The van der Waals surface area contributed by atoms with E-state index in [4.69, 9.17) is 0 Å². The molecule has 0 N–H and O–H groups in total. The highest BCUT2D eigenvalue weighted by Crippen LogP contribution is 2.31. The highest BCUT2D eigenvalue weighted by Gasteiger charge is 2.30. The molecule has 1 aromatic carbocycles. The second kappa shape index (κ2) is 5.01. The predicted octanol–water partition coefficient (Wildman–Crippen LogP) is 1.77. The van der Waals surface area contributed by atoms with Crippen LogP contribution in [0.15, 0.2) is 36.7 Å². The van der Waals surface area contributed by atoms with E-state index in [1.807, 2.05) is 31.2 Å². The maximum absolute atomic E-state index is 12.5. The monoisotopic (exact) mass is 286 g/mol. The Bertz CT molecular complexity index is 710. The zero-order chi connectivity index (χ0) is 15.0. The summed E-state index contributed by atoms with van der Waals surface area (Å²) in [4.78, 5) is 24.3. The van der Waals surface area contributed by atoms with Crippen molar-refractivity contribution in [2.75, 3.05) is 4.90 Å². The Morgan fingerprint density at radius 2 is 2.24 bits per heavy atom. The van der Waals surface area contributed by atoms with Crippen LogP contribution in [0.25, 0.3) is 0 Å². The van der Waals surface area contributed by atoms with Gasteiger partial charge < -0.3 is 4.90 Å². The van der Waals surface area contributed by atoms with Gasteiger partial charge in [-0.1, -0.05) is 18.2 Å². The van der Waals surface area contributed by atoms with Crippen molar-refractivity contribution >= 4 is 17.3 Å². The summed E-state index contributed by atoms with van der Waals surface area (Å²) in [5.74, 6) is -0.120. The molecule has 7 heteroatoms. The van der Waals surface area contributed by atoms with Crippen molar-refractivity contribution in [1.82, 2.24) is 9.78 Å². The van der Waals surface area contributed by atoms with E-state index in [9.17, 15) is 14.9 Å². The molecule has 1 atom stereocenters. The van der Waals surface area contributed by atoms with Crippen LogP contribution >= 0.6 is 0 Å². The number of hydrogen-bond donors (Lipinski definition) is 0. The summed E-state index contributed by atoms with van der Waals surface area (Å²) in [5.41, 5.74) is 1.94. The molecule has 3 rings (SSSR count). The zero-order valence-electron chi connectivity index (χ0n) is 11.5. The lowest BCUT2D eigenvalue weighted by Crippen LogP contribution is -2.38. The van der Waals surface area contributed by atoms with Crippen LogP contribution in [-0.4, -0.2) is 26.7 Å². The fourth-order valence-electron chi connectivity index (χ4n) is 2.69. The first-order chi connectivity index (χ1) is 10.1. The van der Waals surface area contributed by atoms with Gasteiger partial charge in [-0.05, 0) is 25.0 Å². The Hall–Kier alpha value is -2.70. The van der Waals surface area contributed by atoms with Gasteiger partial charge in [-0.2, -0.15) is 5.10 Å². The first-order valence-electron chi connectivity index (χ1n) is 6.63. The number of carbonyl (C=O) groups excluding carboxylic acids is 1. The number of benzene rings is 1. The summed E-state index contributed by atoms with van der Waals surface area (Å²) in [6.07, 6.45) is 3.24. The van der Waals surface area contributed by atoms with Gasteiger partial charge >= 0.3 is 5.69 Å². The van der Waals surface area contributed by atoms with Gasteiger partial charge in [0, 0.05) is 11.7 Å². The summed E-state index contributed by atoms with van der Waals surface area (Å²) in [5, 5.41) is 14.5. The number of para-hydroxylation sites is 1. The predicted molar refractivity (Wildman–Crippen MR) is 76.0 cm³/mol. The van der Waals surface area contributed by atoms with E-state index in [2.05, 4.69) is 5.10 Å². The van der Waals surface area contributed by atoms with E-state index < -0.39 is 4.92 Å². The van der Waals surface area contributed by atoms with Crippen LogP contribution in [0.1, 0.15) is 12.5 Å². The molecule has 0 fully saturated rings. The zero-order valence-corrected chi connectivity index (χ0v) is 11.5. The fourth-order valence-corrected chi connectivity index (χ4v) is 2.69. The topological polar surface area (TPSA) is 81.3 Å². The summed E-state index contributed by atoms with van der Waals surface area (Å²) in [7, 11) is 0. The molecule has 108 valence electrons. The second-order valence-electron chi connectivity index (χ2n) is 5.10. The van der Waals surface area contributed by atoms with Crippen LogP contribution in [-0.2, 0) is 17.8 Å². The SMILES string of the molecule is C[C@@H]1Cc2ccccc2N1C(=O)Cn1cc([N+](=O)[O-])cn1. The van der Waals surface area contributed by atoms with Crippen LogP contribution in [0.5, 0.6) is 0 Å². The number of anilines is 1. The molecule has 2 heterocycles. The Morgan fingerprint density at radius 1 is 1.48 bits per heavy atom. The van der Waals surface area contributed by atoms with Crippen molar-refractivity contribution in [2.45, 2.75) is 25.9 Å². The third-order valence-corrected chi connectivity index (χ3v) is 3.60. The highest BCUT2D eigenvalue weighted by molar-refractivity contribution is 5.96. The maximum Gasteiger partial charge on any atom is 0.307 e. The Labute approximate surface area is 120 Å². The van der Waals surface area contributed by atoms with E-state index in [0.29, 0.717) is 0 Å². The van der Waals surface area contributed by atoms with Crippen molar-refractivity contribution < 1.29 is 9.72 Å². The molecule has 0 radical (unpaired) electrons. The average molecular weight is 286 g/mol. The molecule has 1 amide bonds. The lowest BCUT2D eigenvalue weighted by molar-refractivity contribution is -0.385. The van der Waals surface area contributed by atoms with Crippen molar-refractivity contribution in [3.8, 4) is 0 Å². The third kappa shape index (κ3) is 2.37. The van der Waals surface area contributed by atoms with E-state index in [1.54, 1.807) is 4.90 Å². The van der Waals surface area contributed by atoms with Crippen molar-refractivity contribution in [3.63, 3.8) is 0 Å². The van der Waals surface area contributed by atoms with Gasteiger partial charge in [0.05, 0.1) is 4.92 Å². The molecular weight excluding hydrogens is 272 g/mol. The van der Waals surface area contributed by atoms with E-state index in [-0.39, 0.29) is 24.2 Å². The molecule has 21 heavy (non-hydrogen) atoms. The van der Waals surface area contributed by atoms with Crippen molar-refractivity contribution in [1.29, 1.82) is 0 Å². The van der Waals surface area contributed by atoms with E-state index in [1.165, 1.54) is 10.9 Å². The number of fused-ring (bicyclic) bond motifs is 1. The molecule has 1 aromatic heterocycles. The molecule has 0 saturated heterocycles. The van der Waals surface area contributed by atoms with Gasteiger partial charge in [0.2, 0.25) is 5.91 Å². The summed E-state index contributed by atoms with van der Waals surface area (Å²) in [6.45, 7) is 1.98. The highest BCUT2D eigenvalue weighted by atomic mass is 16.6. The van der Waals surface area contributed by atoms with Gasteiger partial charge in [-0.3, -0.25) is 19.6 Å². The van der Waals surface area contributed by atoms with Gasteiger partial charge in [0.25, 0.3) is 0 Å². The van der Waals surface area contributed by atoms with Crippen molar-refractivity contribution in [2.24, 2.45) is 0 Å². The molecule has 0 spiro atoms. The minimum atomic E-state index is -0.526. The van der Waals surface area contributed by atoms with E-state index >= 15 is 0 Å². The van der Waals surface area contributed by atoms with E-state index in [0.717, 1.165) is 23.9 Å². The quantitative estimate of drug-likeness (QED) is 0.636. The number of nitrogens with zero attached hydrogens (tertiary/aromatic N) is 4. The fraction of sp³-hybridized carbons (Fsp3) is 0.286. The smallest absolute Gasteiger partial charge is 0.307 e. The third-order valence-electron chi connectivity index (χ3n) is 3.60. The Morgan fingerprint density at radius 3 is 2.95 bits per heavy atom. The molecule has 2 aromatic rings. The second-order valence-corrected chi connectivity index (χ2v) is 5.10. The number of carbonyl (C=O) groups is 1.